The van der Waals surface area contributed by atoms with Crippen molar-refractivity contribution < 1.29 is 19.2 Å². The molecule has 196 valence electrons. The van der Waals surface area contributed by atoms with Gasteiger partial charge in [0.1, 0.15) is 11.8 Å². The first-order chi connectivity index (χ1) is 17.3. The van der Waals surface area contributed by atoms with E-state index < -0.39 is 6.10 Å². The molecule has 1 aromatic heterocycles. The zero-order chi connectivity index (χ0) is 25.7. The van der Waals surface area contributed by atoms with Gasteiger partial charge in [-0.15, -0.1) is 12.4 Å². The number of fused-ring (bicyclic) bond motifs is 1. The number of aliphatic hydroxyl groups is 1. The van der Waals surface area contributed by atoms with Crippen LogP contribution < -0.4 is 10.1 Å². The van der Waals surface area contributed by atoms with E-state index in [0.29, 0.717) is 35.1 Å². The van der Waals surface area contributed by atoms with Gasteiger partial charge in [0.2, 0.25) is 11.7 Å². The summed E-state index contributed by atoms with van der Waals surface area (Å²) in [6, 6.07) is 13.6. The van der Waals surface area contributed by atoms with Crippen molar-refractivity contribution in [3.8, 4) is 34.7 Å². The van der Waals surface area contributed by atoms with E-state index in [1.54, 1.807) is 25.1 Å². The summed E-state index contributed by atoms with van der Waals surface area (Å²) in [5, 5.41) is 25.8. The number of nitrogens with one attached hydrogen (secondary N) is 1. The summed E-state index contributed by atoms with van der Waals surface area (Å²) < 4.78 is 11.2. The molecule has 0 fully saturated rings. The second-order valence-corrected chi connectivity index (χ2v) is 9.33. The quantitative estimate of drug-likeness (QED) is 0.458. The van der Waals surface area contributed by atoms with Gasteiger partial charge in [0.15, 0.2) is 0 Å². The molecule has 3 aromatic rings. The maximum atomic E-state index is 12.1. The maximum Gasteiger partial charge on any atom is 0.258 e. The van der Waals surface area contributed by atoms with Crippen LogP contribution in [0.3, 0.4) is 0 Å². The summed E-state index contributed by atoms with van der Waals surface area (Å²) >= 11 is 0. The number of carbonyl (C=O) groups is 1. The number of ether oxygens (including phenoxy) is 1. The second-order valence-electron chi connectivity index (χ2n) is 9.33. The van der Waals surface area contributed by atoms with E-state index in [4.69, 9.17) is 9.26 Å². The van der Waals surface area contributed by atoms with E-state index in [-0.39, 0.29) is 31.0 Å². The lowest BCUT2D eigenvalue weighted by Gasteiger charge is -2.19. The van der Waals surface area contributed by atoms with Crippen molar-refractivity contribution >= 4 is 18.3 Å². The molecule has 0 spiro atoms. The smallest absolute Gasteiger partial charge is 0.258 e. The van der Waals surface area contributed by atoms with Gasteiger partial charge in [-0.2, -0.15) is 10.2 Å². The van der Waals surface area contributed by atoms with E-state index >= 15 is 0 Å². The monoisotopic (exact) mass is 525 g/mol. The molecule has 2 N–H and O–H groups in total. The average Bonchev–Trinajstić information content (AvgIpc) is 3.26. The highest BCUT2D eigenvalue weighted by molar-refractivity contribution is 5.85. The lowest BCUT2D eigenvalue weighted by molar-refractivity contribution is -0.122. The summed E-state index contributed by atoms with van der Waals surface area (Å²) in [6.45, 7) is 7.59. The van der Waals surface area contributed by atoms with Gasteiger partial charge in [-0.3, -0.25) is 9.69 Å². The molecule has 0 aliphatic carbocycles. The molecule has 10 heteroatoms. The van der Waals surface area contributed by atoms with Gasteiger partial charge in [-0.25, -0.2) is 0 Å². The fraction of sp³-hybridized carbons (Fsp3) is 0.407. The number of aliphatic hydroxyl groups excluding tert-OH is 1. The lowest BCUT2D eigenvalue weighted by atomic mass is 10.00. The van der Waals surface area contributed by atoms with Crippen LogP contribution in [0.4, 0.5) is 0 Å². The third-order valence-electron chi connectivity index (χ3n) is 5.96. The molecule has 0 bridgehead atoms. The van der Waals surface area contributed by atoms with Crippen molar-refractivity contribution in [2.45, 2.75) is 45.8 Å². The Morgan fingerprint density at radius 2 is 1.89 bits per heavy atom. The van der Waals surface area contributed by atoms with Gasteiger partial charge in [0.05, 0.1) is 24.3 Å². The number of amides is 1. The Morgan fingerprint density at radius 1 is 1.16 bits per heavy atom. The topological polar surface area (TPSA) is 125 Å². The number of rotatable bonds is 8. The van der Waals surface area contributed by atoms with Gasteiger partial charge < -0.3 is 19.7 Å². The Labute approximate surface area is 222 Å². The number of nitriles is 1. The summed E-state index contributed by atoms with van der Waals surface area (Å²) in [4.78, 5) is 18.8. The molecule has 1 amide bonds. The number of carbonyl (C=O) groups excluding carboxylic acids is 1. The highest BCUT2D eigenvalue weighted by Gasteiger charge is 2.19. The van der Waals surface area contributed by atoms with Crippen molar-refractivity contribution in [3.05, 3.63) is 53.1 Å². The molecule has 0 unspecified atom stereocenters. The molecule has 1 aliphatic heterocycles. The zero-order valence-electron chi connectivity index (χ0n) is 21.2. The minimum Gasteiger partial charge on any atom is -0.490 e. The molecule has 0 saturated carbocycles. The maximum absolute atomic E-state index is 12.1. The van der Waals surface area contributed by atoms with Gasteiger partial charge in [0, 0.05) is 30.8 Å². The Hall–Kier alpha value is -3.45. The van der Waals surface area contributed by atoms with E-state index in [0.717, 1.165) is 31.5 Å². The number of nitrogens with zero attached hydrogens (tertiary/aromatic N) is 4. The Bertz CT molecular complexity index is 1270. The third kappa shape index (κ3) is 7.29. The lowest BCUT2D eigenvalue weighted by Crippen LogP contribution is -2.40. The Morgan fingerprint density at radius 3 is 2.59 bits per heavy atom. The minimum atomic E-state index is -0.557. The molecular formula is C27H32ClN5O4. The predicted molar refractivity (Wildman–Crippen MR) is 141 cm³/mol. The highest BCUT2D eigenvalue weighted by Crippen LogP contribution is 2.29. The van der Waals surface area contributed by atoms with Gasteiger partial charge in [-0.05, 0) is 69.0 Å². The summed E-state index contributed by atoms with van der Waals surface area (Å²) in [5.41, 5.74) is 4.37. The number of hydrogen-bond acceptors (Lipinski definition) is 8. The molecule has 9 nitrogen and oxygen atoms in total. The van der Waals surface area contributed by atoms with Crippen LogP contribution in [-0.4, -0.2) is 64.4 Å². The summed E-state index contributed by atoms with van der Waals surface area (Å²) in [5.74, 6) is 1.26. The van der Waals surface area contributed by atoms with Crippen molar-refractivity contribution in [3.63, 3.8) is 0 Å². The Kier molecular flexibility index (Phi) is 9.64. The molecule has 2 aromatic carbocycles. The van der Waals surface area contributed by atoms with Crippen LogP contribution in [-0.2, 0) is 17.6 Å². The summed E-state index contributed by atoms with van der Waals surface area (Å²) in [7, 11) is 0. The number of hydrogen-bond donors (Lipinski definition) is 2. The standard InChI is InChI=1S/C27H31N5O4.ClH/c1-17(2)35-24-7-6-22(13-23(24)14-28)27-30-26(31-36-27)21-5-4-19-8-10-32(11-9-20(19)12-21)16-25(34)29-15-18(3)33;/h4-7,12-13,17-18,33H,8-11,15-16H2,1-3H3,(H,29,34);1H/t18-;/m0./s1. The molecule has 4 rings (SSSR count). The number of benzene rings is 2. The number of halogens is 1. The zero-order valence-corrected chi connectivity index (χ0v) is 22.0. The normalized spacial score (nSPS) is 14.2. The molecule has 0 saturated heterocycles. The molecule has 1 aliphatic rings. The first-order valence-corrected chi connectivity index (χ1v) is 12.2. The van der Waals surface area contributed by atoms with Gasteiger partial charge >= 0.3 is 0 Å². The SMILES string of the molecule is CC(C)Oc1ccc(-c2nc(-c3ccc4c(c3)CCN(CC(=O)NC[C@H](C)O)CC4)no2)cc1C#N.Cl. The Balaban J connectivity index is 0.00000380. The van der Waals surface area contributed by atoms with Gasteiger partial charge in [-0.1, -0.05) is 17.3 Å². The largest absolute Gasteiger partial charge is 0.490 e. The van der Waals surface area contributed by atoms with E-state index in [1.165, 1.54) is 11.1 Å². The fourth-order valence-corrected chi connectivity index (χ4v) is 4.15. The third-order valence-corrected chi connectivity index (χ3v) is 5.96. The van der Waals surface area contributed by atoms with E-state index in [2.05, 4.69) is 38.6 Å². The van der Waals surface area contributed by atoms with Crippen molar-refractivity contribution in [1.29, 1.82) is 5.26 Å². The molecule has 1 atom stereocenters. The molecular weight excluding hydrogens is 494 g/mol. The van der Waals surface area contributed by atoms with E-state index in [9.17, 15) is 15.2 Å². The van der Waals surface area contributed by atoms with Crippen molar-refractivity contribution in [2.75, 3.05) is 26.2 Å². The van der Waals surface area contributed by atoms with Crippen molar-refractivity contribution in [1.82, 2.24) is 20.4 Å². The van der Waals surface area contributed by atoms with Crippen LogP contribution in [0, 0.1) is 11.3 Å². The first-order valence-electron chi connectivity index (χ1n) is 12.2. The second kappa shape index (κ2) is 12.7. The van der Waals surface area contributed by atoms with Crippen LogP contribution in [0.2, 0.25) is 0 Å². The van der Waals surface area contributed by atoms with Crippen molar-refractivity contribution in [2.24, 2.45) is 0 Å². The van der Waals surface area contributed by atoms with Crippen LogP contribution in [0.5, 0.6) is 5.75 Å². The highest BCUT2D eigenvalue weighted by atomic mass is 35.5. The van der Waals surface area contributed by atoms with Crippen LogP contribution in [0.1, 0.15) is 37.5 Å². The van der Waals surface area contributed by atoms with Crippen LogP contribution in [0.15, 0.2) is 40.9 Å². The van der Waals surface area contributed by atoms with Crippen LogP contribution >= 0.6 is 12.4 Å². The number of aromatic nitrogens is 2. The fourth-order valence-electron chi connectivity index (χ4n) is 4.15. The minimum absolute atomic E-state index is 0. The first kappa shape index (κ1) is 28.1. The average molecular weight is 526 g/mol. The molecule has 0 radical (unpaired) electrons. The van der Waals surface area contributed by atoms with E-state index in [1.807, 2.05) is 19.9 Å². The molecule has 2 heterocycles. The van der Waals surface area contributed by atoms with Gasteiger partial charge in [0.25, 0.3) is 5.89 Å². The summed E-state index contributed by atoms with van der Waals surface area (Å²) in [6.07, 6.45) is 1.06. The van der Waals surface area contributed by atoms with Crippen LogP contribution in [0.25, 0.3) is 22.8 Å². The molecule has 37 heavy (non-hydrogen) atoms. The predicted octanol–water partition coefficient (Wildman–Crippen LogP) is 3.38.